The van der Waals surface area contributed by atoms with E-state index in [0.29, 0.717) is 23.4 Å². The van der Waals surface area contributed by atoms with Crippen LogP contribution in [0.1, 0.15) is 18.5 Å². The highest BCUT2D eigenvalue weighted by Gasteiger charge is 2.34. The van der Waals surface area contributed by atoms with E-state index in [1.807, 2.05) is 11.8 Å². The molecule has 2 amide bonds. The summed E-state index contributed by atoms with van der Waals surface area (Å²) >= 11 is 1.87. The van der Waals surface area contributed by atoms with E-state index in [4.69, 9.17) is 4.74 Å². The zero-order chi connectivity index (χ0) is 20.1. The van der Waals surface area contributed by atoms with Gasteiger partial charge in [0.25, 0.3) is 5.69 Å². The molecule has 2 heterocycles. The minimum absolute atomic E-state index is 0.0586. The van der Waals surface area contributed by atoms with Crippen LogP contribution < -0.4 is 10.6 Å². The lowest BCUT2D eigenvalue weighted by Crippen LogP contribution is -2.49. The molecule has 28 heavy (non-hydrogen) atoms. The maximum atomic E-state index is 12.7. The molecular formula is C18H22N4O5S. The third kappa shape index (κ3) is 4.63. The molecule has 1 saturated heterocycles. The molecule has 2 aliphatic heterocycles. The topological polar surface area (TPSA) is 114 Å². The molecule has 0 radical (unpaired) electrons. The average Bonchev–Trinajstić information content (AvgIpc) is 2.68. The molecule has 1 fully saturated rings. The number of rotatable bonds is 6. The van der Waals surface area contributed by atoms with Gasteiger partial charge in [-0.2, -0.15) is 11.8 Å². The fraction of sp³-hybridized carbons (Fsp3) is 0.444. The standard InChI is InChI=1S/C18H22N4O5S/c1-2-27-17(23)15-14(11-21-7-9-28-10-8-21)19-18(24)20-16(15)12-3-5-13(6-4-12)22(25)26/h3-6,16H,2,7-11H2,1H3,(H2,19,20,24)/t16-/m1/s1. The third-order valence-corrected chi connectivity index (χ3v) is 5.51. The van der Waals surface area contributed by atoms with Crippen LogP contribution in [0.2, 0.25) is 0 Å². The Morgan fingerprint density at radius 1 is 1.32 bits per heavy atom. The summed E-state index contributed by atoms with van der Waals surface area (Å²) < 4.78 is 5.23. The number of nitrogens with one attached hydrogen (secondary N) is 2. The van der Waals surface area contributed by atoms with Gasteiger partial charge < -0.3 is 15.4 Å². The molecule has 2 aliphatic rings. The molecule has 0 saturated carbocycles. The second kappa shape index (κ2) is 9.07. The van der Waals surface area contributed by atoms with Gasteiger partial charge >= 0.3 is 12.0 Å². The predicted octanol–water partition coefficient (Wildman–Crippen LogP) is 1.81. The maximum Gasteiger partial charge on any atom is 0.338 e. The highest BCUT2D eigenvalue weighted by Crippen LogP contribution is 2.29. The fourth-order valence-corrected chi connectivity index (χ4v) is 4.19. The summed E-state index contributed by atoms with van der Waals surface area (Å²) in [5, 5.41) is 16.4. The molecule has 1 aromatic rings. The van der Waals surface area contributed by atoms with Gasteiger partial charge in [0.1, 0.15) is 0 Å². The van der Waals surface area contributed by atoms with Crippen molar-refractivity contribution in [2.45, 2.75) is 13.0 Å². The number of non-ortho nitro benzene ring substituents is 1. The number of benzene rings is 1. The van der Waals surface area contributed by atoms with Crippen LogP contribution in [0.5, 0.6) is 0 Å². The number of nitrogens with zero attached hydrogens (tertiary/aromatic N) is 2. The molecule has 3 rings (SSSR count). The smallest absolute Gasteiger partial charge is 0.338 e. The van der Waals surface area contributed by atoms with Gasteiger partial charge in [-0.25, -0.2) is 9.59 Å². The first-order valence-corrected chi connectivity index (χ1v) is 10.2. The van der Waals surface area contributed by atoms with Gasteiger partial charge in [-0.15, -0.1) is 0 Å². The van der Waals surface area contributed by atoms with Crippen LogP contribution in [0.25, 0.3) is 0 Å². The first kappa shape index (κ1) is 20.2. The number of thioether (sulfide) groups is 1. The number of hydrogen-bond acceptors (Lipinski definition) is 7. The Morgan fingerprint density at radius 2 is 2.00 bits per heavy atom. The zero-order valence-electron chi connectivity index (χ0n) is 15.5. The van der Waals surface area contributed by atoms with E-state index in [1.165, 1.54) is 12.1 Å². The Bertz CT molecular complexity index is 790. The van der Waals surface area contributed by atoms with E-state index in [0.717, 1.165) is 24.6 Å². The third-order valence-electron chi connectivity index (χ3n) is 4.57. The number of esters is 1. The van der Waals surface area contributed by atoms with Gasteiger partial charge in [0, 0.05) is 49.0 Å². The van der Waals surface area contributed by atoms with E-state index in [2.05, 4.69) is 15.5 Å². The molecule has 1 atom stereocenters. The summed E-state index contributed by atoms with van der Waals surface area (Å²) in [5.41, 5.74) is 1.36. The Hall–Kier alpha value is -2.59. The van der Waals surface area contributed by atoms with Crippen molar-refractivity contribution in [1.29, 1.82) is 0 Å². The molecule has 0 bridgehead atoms. The average molecular weight is 406 g/mol. The number of hydrogen-bond donors (Lipinski definition) is 2. The Kier molecular flexibility index (Phi) is 6.53. The van der Waals surface area contributed by atoms with Gasteiger partial charge in [0.15, 0.2) is 0 Å². The molecule has 9 nitrogen and oxygen atoms in total. The van der Waals surface area contributed by atoms with E-state index in [9.17, 15) is 19.7 Å². The molecule has 0 aliphatic carbocycles. The minimum Gasteiger partial charge on any atom is -0.463 e. The van der Waals surface area contributed by atoms with Crippen molar-refractivity contribution in [3.8, 4) is 0 Å². The van der Waals surface area contributed by atoms with Gasteiger partial charge in [0.2, 0.25) is 0 Å². The fourth-order valence-electron chi connectivity index (χ4n) is 3.21. The number of amides is 2. The molecule has 0 aromatic heterocycles. The number of urea groups is 1. The van der Waals surface area contributed by atoms with Crippen LogP contribution in [0.15, 0.2) is 35.5 Å². The molecular weight excluding hydrogens is 384 g/mol. The van der Waals surface area contributed by atoms with E-state index < -0.39 is 23.0 Å². The first-order valence-electron chi connectivity index (χ1n) is 9.01. The van der Waals surface area contributed by atoms with Gasteiger partial charge in [-0.3, -0.25) is 15.0 Å². The van der Waals surface area contributed by atoms with Crippen molar-refractivity contribution in [3.05, 3.63) is 51.2 Å². The van der Waals surface area contributed by atoms with Crippen LogP contribution in [0, 0.1) is 10.1 Å². The largest absolute Gasteiger partial charge is 0.463 e. The van der Waals surface area contributed by atoms with Crippen LogP contribution in [-0.4, -0.2) is 59.6 Å². The van der Waals surface area contributed by atoms with E-state index in [-0.39, 0.29) is 12.3 Å². The number of carbonyl (C=O) groups is 2. The summed E-state index contributed by atoms with van der Waals surface area (Å²) in [7, 11) is 0. The highest BCUT2D eigenvalue weighted by molar-refractivity contribution is 7.99. The minimum atomic E-state index is -0.734. The molecule has 0 spiro atoms. The number of nitro groups is 1. The monoisotopic (exact) mass is 406 g/mol. The lowest BCUT2D eigenvalue weighted by Gasteiger charge is -2.33. The second-order valence-electron chi connectivity index (χ2n) is 6.38. The van der Waals surface area contributed by atoms with Crippen molar-refractivity contribution in [2.24, 2.45) is 0 Å². The summed E-state index contributed by atoms with van der Waals surface area (Å²) in [6, 6.07) is 4.65. The second-order valence-corrected chi connectivity index (χ2v) is 7.61. The van der Waals surface area contributed by atoms with Crippen molar-refractivity contribution >= 4 is 29.4 Å². The van der Waals surface area contributed by atoms with Crippen molar-refractivity contribution < 1.29 is 19.2 Å². The number of ether oxygens (including phenoxy) is 1. The number of nitro benzene ring substituents is 1. The Morgan fingerprint density at radius 3 is 2.61 bits per heavy atom. The maximum absolute atomic E-state index is 12.7. The quantitative estimate of drug-likeness (QED) is 0.421. The first-order chi connectivity index (χ1) is 13.5. The molecule has 0 unspecified atom stereocenters. The summed E-state index contributed by atoms with van der Waals surface area (Å²) in [5.74, 6) is 1.49. The zero-order valence-corrected chi connectivity index (χ0v) is 16.3. The van der Waals surface area contributed by atoms with E-state index >= 15 is 0 Å². The molecule has 150 valence electrons. The molecule has 10 heteroatoms. The van der Waals surface area contributed by atoms with Crippen molar-refractivity contribution in [2.75, 3.05) is 37.7 Å². The molecule has 2 N–H and O–H groups in total. The molecule has 1 aromatic carbocycles. The van der Waals surface area contributed by atoms with Gasteiger partial charge in [-0.05, 0) is 24.6 Å². The number of carbonyl (C=O) groups excluding carboxylic acids is 2. The van der Waals surface area contributed by atoms with Crippen molar-refractivity contribution in [3.63, 3.8) is 0 Å². The lowest BCUT2D eigenvalue weighted by atomic mass is 9.94. The summed E-state index contributed by atoms with van der Waals surface area (Å²) in [4.78, 5) is 37.6. The van der Waals surface area contributed by atoms with Crippen LogP contribution in [0.3, 0.4) is 0 Å². The van der Waals surface area contributed by atoms with Gasteiger partial charge in [-0.1, -0.05) is 0 Å². The highest BCUT2D eigenvalue weighted by atomic mass is 32.2. The Labute approximate surface area is 166 Å². The normalized spacial score (nSPS) is 20.3. The Balaban J connectivity index is 1.97. The van der Waals surface area contributed by atoms with E-state index in [1.54, 1.807) is 19.1 Å². The lowest BCUT2D eigenvalue weighted by molar-refractivity contribution is -0.384. The SMILES string of the molecule is CCOC(=O)C1=C(CN2CCSCC2)NC(=O)N[C@@H]1c1ccc([N+](=O)[O-])cc1. The van der Waals surface area contributed by atoms with Gasteiger partial charge in [0.05, 0.1) is 23.1 Å². The van der Waals surface area contributed by atoms with Crippen LogP contribution in [0.4, 0.5) is 10.5 Å². The summed E-state index contributed by atoms with van der Waals surface area (Å²) in [6.45, 7) is 4.10. The van der Waals surface area contributed by atoms with Crippen molar-refractivity contribution in [1.82, 2.24) is 15.5 Å². The summed E-state index contributed by atoms with van der Waals surface area (Å²) in [6.07, 6.45) is 0. The van der Waals surface area contributed by atoms with Crippen LogP contribution in [-0.2, 0) is 9.53 Å². The van der Waals surface area contributed by atoms with Crippen LogP contribution >= 0.6 is 11.8 Å². The predicted molar refractivity (Wildman–Crippen MR) is 105 cm³/mol.